The first-order valence-electron chi connectivity index (χ1n) is 9.16. The molecule has 0 spiro atoms. The van der Waals surface area contributed by atoms with Gasteiger partial charge in [-0.05, 0) is 5.56 Å². The van der Waals surface area contributed by atoms with Crippen LogP contribution in [0.15, 0.2) is 0 Å². The monoisotopic (exact) mass is 406 g/mol. The Morgan fingerprint density at radius 2 is 1.61 bits per heavy atom. The number of benzene rings is 1. The van der Waals surface area contributed by atoms with Crippen molar-refractivity contribution < 1.29 is 36.8 Å². The van der Waals surface area contributed by atoms with Crippen LogP contribution in [0, 0.1) is 0 Å². The van der Waals surface area contributed by atoms with Gasteiger partial charge in [-0.2, -0.15) is 8.42 Å². The van der Waals surface area contributed by atoms with E-state index >= 15 is 0 Å². The lowest BCUT2D eigenvalue weighted by Crippen LogP contribution is -2.37. The first-order chi connectivity index (χ1) is 13.1. The van der Waals surface area contributed by atoms with Crippen molar-refractivity contribution in [1.29, 1.82) is 0 Å². The minimum absolute atomic E-state index is 0.0896. The highest BCUT2D eigenvalue weighted by molar-refractivity contribution is 7.85. The third-order valence-corrected chi connectivity index (χ3v) is 5.46. The van der Waals surface area contributed by atoms with Crippen molar-refractivity contribution in [3.05, 3.63) is 22.3 Å². The minimum atomic E-state index is -4.27. The zero-order valence-electron chi connectivity index (χ0n) is 16.5. The molecule has 0 radical (unpaired) electrons. The number of hydrogen-bond acceptors (Lipinski definition) is 7. The van der Waals surface area contributed by atoms with E-state index in [0.717, 1.165) is 11.0 Å². The number of epoxide rings is 1. The Morgan fingerprint density at radius 1 is 1.04 bits per heavy atom. The van der Waals surface area contributed by atoms with Gasteiger partial charge in [-0.25, -0.2) is 9.59 Å². The van der Waals surface area contributed by atoms with Gasteiger partial charge in [0, 0.05) is 0 Å². The summed E-state index contributed by atoms with van der Waals surface area (Å²) in [5.74, 6) is -2.17. The van der Waals surface area contributed by atoms with Crippen LogP contribution in [-0.4, -0.2) is 88.0 Å². The maximum atomic E-state index is 12.8. The molecule has 1 fully saturated rings. The molecule has 0 aromatic heterocycles. The summed E-state index contributed by atoms with van der Waals surface area (Å²) in [6.07, 6.45) is 1.04. The van der Waals surface area contributed by atoms with E-state index < -0.39 is 34.4 Å². The molecule has 1 saturated heterocycles. The molecule has 1 aliphatic rings. The van der Waals surface area contributed by atoms with Gasteiger partial charge in [0.1, 0.15) is 56.5 Å². The predicted octanol–water partition coefficient (Wildman–Crippen LogP) is -4.93. The summed E-state index contributed by atoms with van der Waals surface area (Å²) in [6, 6.07) is 0. The Labute approximate surface area is 168 Å². The number of esters is 2. The quantitative estimate of drug-likeness (QED) is 0.188. The van der Waals surface area contributed by atoms with Crippen LogP contribution in [0.2, 0.25) is 0 Å². The Bertz CT molecular complexity index is 883. The summed E-state index contributed by atoms with van der Waals surface area (Å²) < 4.78 is 46.0. The predicted molar refractivity (Wildman–Crippen MR) is 114 cm³/mol. The lowest BCUT2D eigenvalue weighted by molar-refractivity contribution is 0.0450. The van der Waals surface area contributed by atoms with Crippen LogP contribution in [0.5, 0.6) is 0 Å². The van der Waals surface area contributed by atoms with Gasteiger partial charge in [0.15, 0.2) is 0 Å². The molecule has 2 rings (SSSR count). The van der Waals surface area contributed by atoms with E-state index in [1.165, 1.54) is 0 Å². The smallest absolute Gasteiger partial charge is 0.339 e. The van der Waals surface area contributed by atoms with Crippen LogP contribution < -0.4 is 10.9 Å². The molecule has 8 nitrogen and oxygen atoms in total. The van der Waals surface area contributed by atoms with Gasteiger partial charge in [-0.1, -0.05) is 29.1 Å². The van der Waals surface area contributed by atoms with Gasteiger partial charge in [0.25, 0.3) is 10.1 Å². The molecule has 1 atom stereocenters. The summed E-state index contributed by atoms with van der Waals surface area (Å²) in [5, 5.41) is 0. The second kappa shape index (κ2) is 9.19. The van der Waals surface area contributed by atoms with Crippen LogP contribution in [0.1, 0.15) is 31.8 Å². The van der Waals surface area contributed by atoms with Gasteiger partial charge < -0.3 is 14.2 Å². The molecular formula is C15H22B4O8S. The van der Waals surface area contributed by atoms with E-state index in [1.54, 1.807) is 7.85 Å². The van der Waals surface area contributed by atoms with E-state index in [9.17, 15) is 18.0 Å². The highest BCUT2D eigenvalue weighted by atomic mass is 32.2. The molecule has 28 heavy (non-hydrogen) atoms. The van der Waals surface area contributed by atoms with Gasteiger partial charge in [0.05, 0.1) is 17.7 Å². The van der Waals surface area contributed by atoms with Crippen LogP contribution in [0.3, 0.4) is 0 Å². The Hall–Kier alpha value is -1.71. The van der Waals surface area contributed by atoms with Crippen LogP contribution >= 0.6 is 0 Å². The van der Waals surface area contributed by atoms with E-state index in [-0.39, 0.29) is 23.8 Å². The van der Waals surface area contributed by atoms with Crippen LogP contribution in [0.4, 0.5) is 0 Å². The fraction of sp³-hybridized carbons (Fsp3) is 0.467. The van der Waals surface area contributed by atoms with Crippen molar-refractivity contribution in [2.24, 2.45) is 0 Å². The average Bonchev–Trinajstić information content (AvgIpc) is 3.42. The Morgan fingerprint density at radius 3 is 2.11 bits per heavy atom. The van der Waals surface area contributed by atoms with Crippen molar-refractivity contribution in [1.82, 2.24) is 0 Å². The summed E-state index contributed by atoms with van der Waals surface area (Å²) in [5.41, 5.74) is 3.38. The molecule has 148 valence electrons. The molecule has 1 N–H and O–H groups in total. The maximum absolute atomic E-state index is 12.8. The number of rotatable bonds is 9. The van der Waals surface area contributed by atoms with Gasteiger partial charge in [-0.3, -0.25) is 4.55 Å². The van der Waals surface area contributed by atoms with E-state index in [0.29, 0.717) is 30.3 Å². The Kier molecular flexibility index (Phi) is 7.41. The number of carbonyl (C=O) groups is 2. The largest absolute Gasteiger partial charge is 0.461 e. The molecule has 0 bridgehead atoms. The first-order valence-corrected chi connectivity index (χ1v) is 10.8. The van der Waals surface area contributed by atoms with Gasteiger partial charge in [-0.15, -0.1) is 0 Å². The fourth-order valence-electron chi connectivity index (χ4n) is 3.31. The van der Waals surface area contributed by atoms with Crippen molar-refractivity contribution in [3.8, 4) is 0 Å². The molecule has 1 aromatic rings. The summed E-state index contributed by atoms with van der Waals surface area (Å²) in [4.78, 5) is 25.5. The number of hydrogen-bond donors (Lipinski definition) is 1. The standard InChI is InChI=1S/C15H22B4O8S/c16-3-8-10(14(20)25-1-2-28(22,23)24)11(13(19)9(4-17)12(8)18)15(21)27-6-7-5-26-7/h7H,1-6,16-19H2,(H,22,23,24). The lowest BCUT2D eigenvalue weighted by Gasteiger charge is -2.22. The second-order valence-corrected chi connectivity index (χ2v) is 8.21. The van der Waals surface area contributed by atoms with Crippen molar-refractivity contribution in [2.75, 3.05) is 25.6 Å². The van der Waals surface area contributed by atoms with Crippen molar-refractivity contribution >= 4 is 64.4 Å². The third-order valence-electron chi connectivity index (χ3n) is 4.78. The summed E-state index contributed by atoms with van der Waals surface area (Å²) >= 11 is 0. The zero-order chi connectivity index (χ0) is 21.1. The van der Waals surface area contributed by atoms with Crippen molar-refractivity contribution in [3.63, 3.8) is 0 Å². The molecule has 13 heteroatoms. The highest BCUT2D eigenvalue weighted by Crippen LogP contribution is 2.18. The summed E-state index contributed by atoms with van der Waals surface area (Å²) in [6.45, 7) is 0.121. The highest BCUT2D eigenvalue weighted by Gasteiger charge is 2.30. The van der Waals surface area contributed by atoms with E-state index in [1.807, 2.05) is 23.5 Å². The first kappa shape index (κ1) is 22.6. The number of carbonyl (C=O) groups excluding carboxylic acids is 2. The molecule has 1 aromatic carbocycles. The molecule has 1 heterocycles. The topological polar surface area (TPSA) is 120 Å². The van der Waals surface area contributed by atoms with Gasteiger partial charge in [0.2, 0.25) is 0 Å². The molecule has 0 aliphatic carbocycles. The van der Waals surface area contributed by atoms with E-state index in [4.69, 9.17) is 18.8 Å². The second-order valence-electron chi connectivity index (χ2n) is 6.64. The lowest BCUT2D eigenvalue weighted by atomic mass is 9.68. The van der Waals surface area contributed by atoms with E-state index in [2.05, 4.69) is 0 Å². The maximum Gasteiger partial charge on any atom is 0.339 e. The fourth-order valence-corrected chi connectivity index (χ4v) is 3.60. The molecule has 0 amide bonds. The summed E-state index contributed by atoms with van der Waals surface area (Å²) in [7, 11) is 3.20. The third kappa shape index (κ3) is 5.42. The Balaban J connectivity index is 2.46. The van der Waals surface area contributed by atoms with Gasteiger partial charge >= 0.3 is 11.9 Å². The van der Waals surface area contributed by atoms with Crippen LogP contribution in [0.25, 0.3) is 0 Å². The number of ether oxygens (including phenoxy) is 3. The minimum Gasteiger partial charge on any atom is -0.461 e. The molecular weight excluding hydrogens is 383 g/mol. The SMILES string of the molecule is BCc1c(B)c(CB)c(C(=O)OCCS(=O)(=O)O)c(C(=O)OCC2CO2)c1B. The zero-order valence-corrected chi connectivity index (χ0v) is 17.3. The van der Waals surface area contributed by atoms with Crippen molar-refractivity contribution in [2.45, 2.75) is 18.7 Å². The molecule has 1 unspecified atom stereocenters. The van der Waals surface area contributed by atoms with Crippen LogP contribution in [-0.2, 0) is 37.0 Å². The molecule has 0 saturated carbocycles. The normalized spacial score (nSPS) is 15.8. The average molecular weight is 406 g/mol. The molecule has 1 aliphatic heterocycles.